The van der Waals surface area contributed by atoms with Gasteiger partial charge in [-0.2, -0.15) is 0 Å². The average molecular weight is 287 g/mol. The lowest BCUT2D eigenvalue weighted by Crippen LogP contribution is -2.35. The number of carbonyl (C=O) groups excluding carboxylic acids is 2. The lowest BCUT2D eigenvalue weighted by molar-refractivity contribution is -0.120. The summed E-state index contributed by atoms with van der Waals surface area (Å²) in [5.74, 6) is -0.257. The molecular weight excluding hydrogens is 266 g/mol. The Labute approximate surface area is 124 Å². The van der Waals surface area contributed by atoms with Crippen molar-refractivity contribution >= 4 is 11.7 Å². The van der Waals surface area contributed by atoms with Crippen LogP contribution in [0.3, 0.4) is 0 Å². The summed E-state index contributed by atoms with van der Waals surface area (Å²) < 4.78 is 0. The van der Waals surface area contributed by atoms with E-state index in [1.54, 1.807) is 0 Å². The van der Waals surface area contributed by atoms with E-state index in [1.165, 1.54) is 6.92 Å². The number of ketones is 1. The summed E-state index contributed by atoms with van der Waals surface area (Å²) in [6.07, 6.45) is 0.812. The summed E-state index contributed by atoms with van der Waals surface area (Å²) in [5.41, 5.74) is 0.861. The largest absolute Gasteiger partial charge is 0.512 e. The number of nitrogens with one attached hydrogen (secondary N) is 1. The van der Waals surface area contributed by atoms with Gasteiger partial charge in [-0.25, -0.2) is 0 Å². The Hall–Kier alpha value is -2.10. The number of hydrogen-bond donors (Lipinski definition) is 2. The van der Waals surface area contributed by atoms with E-state index in [4.69, 9.17) is 0 Å². The monoisotopic (exact) mass is 287 g/mol. The summed E-state index contributed by atoms with van der Waals surface area (Å²) in [6.45, 7) is 5.31. The summed E-state index contributed by atoms with van der Waals surface area (Å²) in [4.78, 5) is 23.9. The number of aliphatic hydroxyl groups excluding tert-OH is 1. The SMILES string of the molecule is CC(=O)NC(C1=C(O)CC(C)(C)CC1=O)c1ccccc1. The van der Waals surface area contributed by atoms with Gasteiger partial charge in [-0.15, -0.1) is 0 Å². The van der Waals surface area contributed by atoms with Gasteiger partial charge in [0.1, 0.15) is 5.76 Å². The van der Waals surface area contributed by atoms with Crippen LogP contribution in [0.25, 0.3) is 0 Å². The molecule has 21 heavy (non-hydrogen) atoms. The van der Waals surface area contributed by atoms with Gasteiger partial charge in [0, 0.05) is 19.8 Å². The number of carbonyl (C=O) groups is 2. The fourth-order valence-corrected chi connectivity index (χ4v) is 2.80. The number of aliphatic hydroxyl groups is 1. The molecule has 0 saturated heterocycles. The molecule has 0 bridgehead atoms. The van der Waals surface area contributed by atoms with E-state index in [0.717, 1.165) is 5.56 Å². The van der Waals surface area contributed by atoms with Crippen molar-refractivity contribution in [2.75, 3.05) is 0 Å². The highest BCUT2D eigenvalue weighted by Crippen LogP contribution is 2.39. The van der Waals surface area contributed by atoms with Crippen LogP contribution < -0.4 is 5.32 Å². The first kappa shape index (κ1) is 15.3. The van der Waals surface area contributed by atoms with Crippen LogP contribution in [-0.2, 0) is 9.59 Å². The molecule has 0 fully saturated rings. The normalized spacial score (nSPS) is 19.3. The zero-order valence-electron chi connectivity index (χ0n) is 12.6. The Kier molecular flexibility index (Phi) is 4.16. The number of allylic oxidation sites excluding steroid dienone is 1. The predicted octanol–water partition coefficient (Wildman–Crippen LogP) is 3.07. The highest BCUT2D eigenvalue weighted by atomic mass is 16.3. The average Bonchev–Trinajstić information content (AvgIpc) is 2.36. The van der Waals surface area contributed by atoms with Crippen LogP contribution in [0.5, 0.6) is 0 Å². The van der Waals surface area contributed by atoms with Gasteiger partial charge in [0.25, 0.3) is 0 Å². The maximum absolute atomic E-state index is 12.4. The predicted molar refractivity (Wildman–Crippen MR) is 80.7 cm³/mol. The van der Waals surface area contributed by atoms with E-state index in [2.05, 4.69) is 5.32 Å². The van der Waals surface area contributed by atoms with Crippen molar-refractivity contribution in [3.05, 3.63) is 47.2 Å². The molecule has 0 aliphatic heterocycles. The van der Waals surface area contributed by atoms with Crippen LogP contribution in [0.4, 0.5) is 0 Å². The Morgan fingerprint density at radius 2 is 1.86 bits per heavy atom. The molecule has 1 unspecified atom stereocenters. The van der Waals surface area contributed by atoms with E-state index in [1.807, 2.05) is 44.2 Å². The number of hydrogen-bond acceptors (Lipinski definition) is 3. The smallest absolute Gasteiger partial charge is 0.217 e. The summed E-state index contributed by atoms with van der Waals surface area (Å²) in [7, 11) is 0. The van der Waals surface area contributed by atoms with Crippen molar-refractivity contribution in [1.82, 2.24) is 5.32 Å². The molecule has 0 aromatic heterocycles. The molecule has 0 spiro atoms. The highest BCUT2D eigenvalue weighted by molar-refractivity contribution is 5.99. The Balaban J connectivity index is 2.46. The van der Waals surface area contributed by atoms with Gasteiger partial charge in [0.2, 0.25) is 5.91 Å². The first-order chi connectivity index (χ1) is 9.80. The summed E-state index contributed by atoms with van der Waals surface area (Å²) in [5, 5.41) is 13.1. The van der Waals surface area contributed by atoms with Crippen molar-refractivity contribution in [1.29, 1.82) is 0 Å². The lowest BCUT2D eigenvalue weighted by Gasteiger charge is -2.32. The maximum Gasteiger partial charge on any atom is 0.217 e. The van der Waals surface area contributed by atoms with Crippen LogP contribution in [0.15, 0.2) is 41.7 Å². The Morgan fingerprint density at radius 1 is 1.24 bits per heavy atom. The molecule has 0 saturated carbocycles. The molecule has 1 amide bonds. The topological polar surface area (TPSA) is 66.4 Å². The fourth-order valence-electron chi connectivity index (χ4n) is 2.80. The van der Waals surface area contributed by atoms with Gasteiger partial charge >= 0.3 is 0 Å². The van der Waals surface area contributed by atoms with Crippen molar-refractivity contribution in [3.63, 3.8) is 0 Å². The first-order valence-corrected chi connectivity index (χ1v) is 7.07. The van der Waals surface area contributed by atoms with Gasteiger partial charge in [0.05, 0.1) is 11.6 Å². The molecule has 0 radical (unpaired) electrons. The molecule has 1 aliphatic carbocycles. The molecule has 4 nitrogen and oxygen atoms in total. The third-order valence-electron chi connectivity index (χ3n) is 3.67. The molecule has 2 N–H and O–H groups in total. The quantitative estimate of drug-likeness (QED) is 0.898. The molecule has 1 aromatic rings. The number of benzene rings is 1. The van der Waals surface area contributed by atoms with Gasteiger partial charge < -0.3 is 10.4 Å². The van der Waals surface area contributed by atoms with Crippen molar-refractivity contribution < 1.29 is 14.7 Å². The lowest BCUT2D eigenvalue weighted by atomic mass is 9.74. The molecule has 2 rings (SSSR count). The van der Waals surface area contributed by atoms with Gasteiger partial charge in [-0.05, 0) is 11.0 Å². The minimum absolute atomic E-state index is 0.0823. The number of amides is 1. The van der Waals surface area contributed by atoms with E-state index >= 15 is 0 Å². The van der Waals surface area contributed by atoms with Crippen LogP contribution >= 0.6 is 0 Å². The maximum atomic E-state index is 12.4. The van der Waals surface area contributed by atoms with Crippen LogP contribution in [0, 0.1) is 5.41 Å². The summed E-state index contributed by atoms with van der Waals surface area (Å²) >= 11 is 0. The highest BCUT2D eigenvalue weighted by Gasteiger charge is 2.37. The molecule has 0 heterocycles. The molecule has 4 heteroatoms. The second kappa shape index (κ2) is 5.72. The minimum atomic E-state index is -0.590. The molecule has 112 valence electrons. The molecular formula is C17H21NO3. The Morgan fingerprint density at radius 3 is 2.38 bits per heavy atom. The van der Waals surface area contributed by atoms with Gasteiger partial charge in [-0.1, -0.05) is 44.2 Å². The van der Waals surface area contributed by atoms with Crippen LogP contribution in [-0.4, -0.2) is 16.8 Å². The molecule has 1 atom stereocenters. The second-order valence-electron chi connectivity index (χ2n) is 6.35. The zero-order valence-corrected chi connectivity index (χ0v) is 12.6. The standard InChI is InChI=1S/C17H21NO3/c1-11(19)18-16(12-7-5-4-6-8-12)15-13(20)9-17(2,3)10-14(15)21/h4-8,16,20H,9-10H2,1-3H3,(H,18,19). The van der Waals surface area contributed by atoms with Crippen LogP contribution in [0.2, 0.25) is 0 Å². The van der Waals surface area contributed by atoms with E-state index in [9.17, 15) is 14.7 Å². The van der Waals surface area contributed by atoms with Gasteiger partial charge in [-0.3, -0.25) is 9.59 Å². The fraction of sp³-hybridized carbons (Fsp3) is 0.412. The van der Waals surface area contributed by atoms with E-state index in [-0.39, 0.29) is 22.9 Å². The number of rotatable bonds is 3. The zero-order chi connectivity index (χ0) is 15.6. The van der Waals surface area contributed by atoms with Crippen molar-refractivity contribution in [2.45, 2.75) is 39.7 Å². The third-order valence-corrected chi connectivity index (χ3v) is 3.67. The first-order valence-electron chi connectivity index (χ1n) is 7.07. The van der Waals surface area contributed by atoms with Gasteiger partial charge in [0.15, 0.2) is 5.78 Å². The van der Waals surface area contributed by atoms with Crippen molar-refractivity contribution in [3.8, 4) is 0 Å². The Bertz CT molecular complexity index is 587. The summed E-state index contributed by atoms with van der Waals surface area (Å²) in [6, 6.07) is 8.65. The molecule has 1 aromatic carbocycles. The molecule has 1 aliphatic rings. The minimum Gasteiger partial charge on any atom is -0.512 e. The second-order valence-corrected chi connectivity index (χ2v) is 6.35. The van der Waals surface area contributed by atoms with Crippen molar-refractivity contribution in [2.24, 2.45) is 5.41 Å². The van der Waals surface area contributed by atoms with E-state index in [0.29, 0.717) is 18.4 Å². The number of Topliss-reactive ketones (excluding diaryl/α,β-unsaturated/α-hetero) is 1. The van der Waals surface area contributed by atoms with Crippen LogP contribution in [0.1, 0.15) is 45.2 Å². The third kappa shape index (κ3) is 3.51. The van der Waals surface area contributed by atoms with E-state index < -0.39 is 6.04 Å².